The molecule has 6 heteroatoms. The monoisotopic (exact) mass is 361 g/mol. The zero-order valence-corrected chi connectivity index (χ0v) is 16.5. The normalized spacial score (nSPS) is 11.8. The molecule has 0 bridgehead atoms. The molecule has 25 heavy (non-hydrogen) atoms. The van der Waals surface area contributed by atoms with Gasteiger partial charge in [0.25, 0.3) is 5.69 Å². The summed E-state index contributed by atoms with van der Waals surface area (Å²) in [6.45, 7) is 10.1. The van der Waals surface area contributed by atoms with E-state index < -0.39 is 19.8 Å². The highest BCUT2D eigenvalue weighted by molar-refractivity contribution is 6.48. The van der Waals surface area contributed by atoms with Crippen molar-refractivity contribution in [3.05, 3.63) is 63.5 Å². The first-order valence-corrected chi connectivity index (χ1v) is 11.1. The molecule has 0 saturated heterocycles. The van der Waals surface area contributed by atoms with Gasteiger partial charge in [-0.15, -0.1) is 0 Å². The predicted molar refractivity (Wildman–Crippen MR) is 101 cm³/mol. The lowest BCUT2D eigenvalue weighted by Crippen LogP contribution is -2.11. The third-order valence-electron chi connectivity index (χ3n) is 4.03. The molecule has 0 radical (unpaired) electrons. The molecule has 0 atom stereocenters. The second kappa shape index (κ2) is 7.45. The summed E-state index contributed by atoms with van der Waals surface area (Å²) in [7, 11) is -1.42. The standard InChI is InChI=1S/C19H24FNO3Si/c1-19(2,3)14-8-6-13(7-9-14)15-10-11-17(20)16(12-24-25(4)5)18(15)21(22)23/h6-11,25H,12H2,1-5H3. The number of hydrogen-bond acceptors (Lipinski definition) is 3. The van der Waals surface area contributed by atoms with Crippen LogP contribution in [-0.4, -0.2) is 14.0 Å². The Labute approximate surface area is 149 Å². The maximum absolute atomic E-state index is 14.2. The van der Waals surface area contributed by atoms with Crippen molar-refractivity contribution in [3.8, 4) is 11.1 Å². The third-order valence-corrected chi connectivity index (χ3v) is 4.86. The lowest BCUT2D eigenvalue weighted by Gasteiger charge is -2.19. The number of nitro groups is 1. The van der Waals surface area contributed by atoms with Gasteiger partial charge in [-0.2, -0.15) is 0 Å². The molecule has 0 saturated carbocycles. The Morgan fingerprint density at radius 2 is 1.72 bits per heavy atom. The first-order chi connectivity index (χ1) is 11.6. The van der Waals surface area contributed by atoms with Crippen molar-refractivity contribution in [2.75, 3.05) is 0 Å². The van der Waals surface area contributed by atoms with E-state index in [1.54, 1.807) is 0 Å². The molecule has 0 spiro atoms. The van der Waals surface area contributed by atoms with Crippen molar-refractivity contribution in [2.24, 2.45) is 0 Å². The van der Waals surface area contributed by atoms with E-state index in [-0.39, 0.29) is 23.3 Å². The van der Waals surface area contributed by atoms with E-state index >= 15 is 0 Å². The Kier molecular flexibility index (Phi) is 5.75. The number of benzene rings is 2. The zero-order chi connectivity index (χ0) is 18.8. The van der Waals surface area contributed by atoms with E-state index in [2.05, 4.69) is 20.8 Å². The minimum Gasteiger partial charge on any atom is -0.416 e. The Hall–Kier alpha value is -2.05. The topological polar surface area (TPSA) is 52.4 Å². The molecule has 0 fully saturated rings. The number of hydrogen-bond donors (Lipinski definition) is 0. The van der Waals surface area contributed by atoms with Gasteiger partial charge in [0.1, 0.15) is 5.82 Å². The summed E-state index contributed by atoms with van der Waals surface area (Å²) in [6.07, 6.45) is 0. The summed E-state index contributed by atoms with van der Waals surface area (Å²) in [5, 5.41) is 11.6. The van der Waals surface area contributed by atoms with Crippen molar-refractivity contribution in [3.63, 3.8) is 0 Å². The molecular weight excluding hydrogens is 337 g/mol. The largest absolute Gasteiger partial charge is 0.416 e. The first kappa shape index (κ1) is 19.3. The van der Waals surface area contributed by atoms with Gasteiger partial charge in [-0.3, -0.25) is 10.1 Å². The van der Waals surface area contributed by atoms with E-state index in [1.807, 2.05) is 37.4 Å². The maximum atomic E-state index is 14.2. The summed E-state index contributed by atoms with van der Waals surface area (Å²) in [6, 6.07) is 10.4. The van der Waals surface area contributed by atoms with Gasteiger partial charge in [-0.25, -0.2) is 4.39 Å². The van der Waals surface area contributed by atoms with Crippen LogP contribution in [0.2, 0.25) is 13.1 Å². The van der Waals surface area contributed by atoms with Gasteiger partial charge in [-0.05, 0) is 41.8 Å². The van der Waals surface area contributed by atoms with Crippen LogP contribution in [0, 0.1) is 15.9 Å². The van der Waals surface area contributed by atoms with Gasteiger partial charge in [0.2, 0.25) is 0 Å². The fourth-order valence-electron chi connectivity index (χ4n) is 2.59. The van der Waals surface area contributed by atoms with E-state index in [1.165, 1.54) is 12.1 Å². The van der Waals surface area contributed by atoms with Crippen LogP contribution in [0.15, 0.2) is 36.4 Å². The molecule has 0 amide bonds. The van der Waals surface area contributed by atoms with Crippen LogP contribution < -0.4 is 0 Å². The molecule has 0 unspecified atom stereocenters. The van der Waals surface area contributed by atoms with E-state index in [9.17, 15) is 14.5 Å². The highest BCUT2D eigenvalue weighted by Gasteiger charge is 2.25. The van der Waals surface area contributed by atoms with E-state index in [4.69, 9.17) is 4.43 Å². The average Bonchev–Trinajstić information content (AvgIpc) is 2.52. The summed E-state index contributed by atoms with van der Waals surface area (Å²) in [4.78, 5) is 11.1. The fourth-order valence-corrected chi connectivity index (χ4v) is 3.09. The molecule has 4 nitrogen and oxygen atoms in total. The average molecular weight is 361 g/mol. The summed E-state index contributed by atoms with van der Waals surface area (Å²) < 4.78 is 19.8. The van der Waals surface area contributed by atoms with Crippen LogP contribution in [0.3, 0.4) is 0 Å². The lowest BCUT2D eigenvalue weighted by atomic mass is 9.86. The number of halogens is 1. The fraction of sp³-hybridized carbons (Fsp3) is 0.368. The molecule has 2 aromatic rings. The Morgan fingerprint density at radius 3 is 2.20 bits per heavy atom. The van der Waals surface area contributed by atoms with Crippen LogP contribution >= 0.6 is 0 Å². The molecule has 0 aliphatic heterocycles. The Bertz CT molecular complexity index is 767. The van der Waals surface area contributed by atoms with Crippen molar-refractivity contribution < 1.29 is 13.7 Å². The Balaban J connectivity index is 2.54. The van der Waals surface area contributed by atoms with Crippen LogP contribution in [0.1, 0.15) is 31.9 Å². The van der Waals surface area contributed by atoms with Crippen LogP contribution in [-0.2, 0) is 16.4 Å². The van der Waals surface area contributed by atoms with Gasteiger partial charge in [0.15, 0.2) is 9.04 Å². The van der Waals surface area contributed by atoms with Gasteiger partial charge >= 0.3 is 0 Å². The van der Waals surface area contributed by atoms with Crippen molar-refractivity contribution in [1.82, 2.24) is 0 Å². The van der Waals surface area contributed by atoms with Gasteiger partial charge in [0.05, 0.1) is 22.7 Å². The molecule has 0 N–H and O–H groups in total. The third kappa shape index (κ3) is 4.52. The summed E-state index contributed by atoms with van der Waals surface area (Å²) in [5.74, 6) is -0.601. The van der Waals surface area contributed by atoms with Gasteiger partial charge < -0.3 is 4.43 Å². The molecule has 2 rings (SSSR count). The van der Waals surface area contributed by atoms with Gasteiger partial charge in [0, 0.05) is 0 Å². The van der Waals surface area contributed by atoms with Gasteiger partial charge in [-0.1, -0.05) is 45.0 Å². The van der Waals surface area contributed by atoms with Crippen molar-refractivity contribution in [2.45, 2.75) is 45.9 Å². The predicted octanol–water partition coefficient (Wildman–Crippen LogP) is 5.20. The minimum atomic E-state index is -1.42. The quantitative estimate of drug-likeness (QED) is 0.418. The molecule has 0 aliphatic carbocycles. The minimum absolute atomic E-state index is 0.00580. The number of nitrogens with zero attached hydrogens (tertiary/aromatic N) is 1. The second-order valence-electron chi connectivity index (χ2n) is 7.37. The molecule has 134 valence electrons. The van der Waals surface area contributed by atoms with Crippen LogP contribution in [0.4, 0.5) is 10.1 Å². The number of rotatable bonds is 5. The van der Waals surface area contributed by atoms with E-state index in [0.29, 0.717) is 11.1 Å². The van der Waals surface area contributed by atoms with Crippen LogP contribution in [0.5, 0.6) is 0 Å². The van der Waals surface area contributed by atoms with Crippen molar-refractivity contribution in [1.29, 1.82) is 0 Å². The zero-order valence-electron chi connectivity index (χ0n) is 15.3. The van der Waals surface area contributed by atoms with Crippen LogP contribution in [0.25, 0.3) is 11.1 Å². The Morgan fingerprint density at radius 1 is 1.12 bits per heavy atom. The van der Waals surface area contributed by atoms with Crippen molar-refractivity contribution >= 4 is 14.7 Å². The maximum Gasteiger partial charge on any atom is 0.285 e. The second-order valence-corrected chi connectivity index (χ2v) is 9.80. The van der Waals surface area contributed by atoms with E-state index in [0.717, 1.165) is 5.56 Å². The molecule has 2 aromatic carbocycles. The summed E-state index contributed by atoms with van der Waals surface area (Å²) >= 11 is 0. The lowest BCUT2D eigenvalue weighted by molar-refractivity contribution is -0.385. The highest BCUT2D eigenvalue weighted by Crippen LogP contribution is 2.36. The summed E-state index contributed by atoms with van der Waals surface area (Å²) in [5.41, 5.74) is 2.05. The molecule has 0 heterocycles. The smallest absolute Gasteiger partial charge is 0.285 e. The number of nitro benzene ring substituents is 1. The first-order valence-electron chi connectivity index (χ1n) is 8.29. The highest BCUT2D eigenvalue weighted by atomic mass is 28.3. The molecule has 0 aliphatic rings. The SMILES string of the molecule is C[SiH](C)OCc1c(F)ccc(-c2ccc(C(C)(C)C)cc2)c1[N+](=O)[O-]. The molecular formula is C19H24FNO3Si. The molecule has 0 aromatic heterocycles.